The predicted octanol–water partition coefficient (Wildman–Crippen LogP) is 0.999. The molecule has 1 fully saturated rings. The van der Waals surface area contributed by atoms with Gasteiger partial charge in [-0.15, -0.1) is 0 Å². The van der Waals surface area contributed by atoms with Crippen LogP contribution >= 0.6 is 0 Å². The van der Waals surface area contributed by atoms with E-state index in [0.29, 0.717) is 0 Å². The number of esters is 1. The third-order valence-corrected chi connectivity index (χ3v) is 3.57. The molecule has 1 saturated heterocycles. The number of nitrogens with two attached hydrogens (primary N) is 1. The molecular weight excluding hydrogens is 204 g/mol. The molecule has 94 valence electrons. The summed E-state index contributed by atoms with van der Waals surface area (Å²) in [5, 5.41) is 0. The van der Waals surface area contributed by atoms with Crippen molar-refractivity contribution in [1.29, 1.82) is 0 Å². The Kier molecular flexibility index (Phi) is 4.74. The average molecular weight is 228 g/mol. The van der Waals surface area contributed by atoms with Crippen LogP contribution in [0.5, 0.6) is 0 Å². The Hall–Kier alpha value is -0.610. The minimum Gasteiger partial charge on any atom is -0.468 e. The second-order valence-electron chi connectivity index (χ2n) is 5.29. The highest BCUT2D eigenvalue weighted by Gasteiger charge is 2.33. The quantitative estimate of drug-likeness (QED) is 0.713. The molecular formula is C12H24N2O2. The molecule has 1 unspecified atom stereocenters. The molecule has 1 atom stereocenters. The van der Waals surface area contributed by atoms with Gasteiger partial charge in [-0.1, -0.05) is 13.8 Å². The summed E-state index contributed by atoms with van der Waals surface area (Å²) >= 11 is 0. The van der Waals surface area contributed by atoms with Crippen LogP contribution < -0.4 is 5.73 Å². The second-order valence-corrected chi connectivity index (χ2v) is 5.29. The molecule has 1 rings (SSSR count). The van der Waals surface area contributed by atoms with E-state index in [1.54, 1.807) is 0 Å². The molecule has 4 heteroatoms. The number of carbonyl (C=O) groups excluding carboxylic acids is 1. The molecule has 0 aromatic carbocycles. The van der Waals surface area contributed by atoms with Crippen LogP contribution in [0.3, 0.4) is 0 Å². The van der Waals surface area contributed by atoms with Crippen LogP contribution in [0.1, 0.15) is 33.1 Å². The lowest BCUT2D eigenvalue weighted by Gasteiger charge is -2.31. The molecule has 0 spiro atoms. The molecule has 0 aromatic heterocycles. The number of ether oxygens (including phenoxy) is 1. The van der Waals surface area contributed by atoms with Crippen LogP contribution in [-0.2, 0) is 9.53 Å². The molecule has 4 nitrogen and oxygen atoms in total. The molecule has 0 bridgehead atoms. The zero-order valence-electron chi connectivity index (χ0n) is 10.7. The Morgan fingerprint density at radius 3 is 2.50 bits per heavy atom. The van der Waals surface area contributed by atoms with E-state index in [1.807, 2.05) is 13.8 Å². The standard InChI is InChI=1S/C12H24N2O2/c1-12(2,10(13)11(15)16-3)6-9-14-7-4-5-8-14/h10H,4-9,13H2,1-3H3. The molecule has 0 aliphatic carbocycles. The zero-order chi connectivity index (χ0) is 12.2. The fourth-order valence-corrected chi connectivity index (χ4v) is 2.05. The maximum absolute atomic E-state index is 11.4. The lowest BCUT2D eigenvalue weighted by Crippen LogP contribution is -2.46. The van der Waals surface area contributed by atoms with Gasteiger partial charge in [-0.05, 0) is 44.3 Å². The Balaban J connectivity index is 2.40. The molecule has 0 saturated carbocycles. The van der Waals surface area contributed by atoms with E-state index in [0.717, 1.165) is 13.0 Å². The van der Waals surface area contributed by atoms with Gasteiger partial charge in [0.25, 0.3) is 0 Å². The van der Waals surface area contributed by atoms with Crippen LogP contribution in [0.25, 0.3) is 0 Å². The Morgan fingerprint density at radius 1 is 1.44 bits per heavy atom. The fraction of sp³-hybridized carbons (Fsp3) is 0.917. The van der Waals surface area contributed by atoms with Crippen LogP contribution in [0, 0.1) is 5.41 Å². The normalized spacial score (nSPS) is 19.8. The summed E-state index contributed by atoms with van der Waals surface area (Å²) in [6.45, 7) is 7.46. The Morgan fingerprint density at radius 2 is 2.00 bits per heavy atom. The molecule has 1 aliphatic rings. The van der Waals surface area contributed by atoms with Gasteiger partial charge in [0, 0.05) is 0 Å². The van der Waals surface area contributed by atoms with Gasteiger partial charge in [0.05, 0.1) is 7.11 Å². The first kappa shape index (κ1) is 13.5. The Labute approximate surface area is 98.1 Å². The number of hydrogen-bond donors (Lipinski definition) is 1. The lowest BCUT2D eigenvalue weighted by atomic mass is 9.81. The zero-order valence-corrected chi connectivity index (χ0v) is 10.7. The van der Waals surface area contributed by atoms with E-state index in [1.165, 1.54) is 33.0 Å². The van der Waals surface area contributed by atoms with Crippen molar-refractivity contribution >= 4 is 5.97 Å². The summed E-state index contributed by atoms with van der Waals surface area (Å²) in [5.41, 5.74) is 5.70. The van der Waals surface area contributed by atoms with E-state index in [4.69, 9.17) is 10.5 Å². The first-order valence-electron chi connectivity index (χ1n) is 6.03. The third kappa shape index (κ3) is 3.46. The first-order valence-corrected chi connectivity index (χ1v) is 6.03. The van der Waals surface area contributed by atoms with Crippen molar-refractivity contribution in [2.45, 2.75) is 39.2 Å². The van der Waals surface area contributed by atoms with Crippen molar-refractivity contribution < 1.29 is 9.53 Å². The van der Waals surface area contributed by atoms with Crippen LogP contribution in [0.4, 0.5) is 0 Å². The van der Waals surface area contributed by atoms with Crippen molar-refractivity contribution in [3.05, 3.63) is 0 Å². The second kappa shape index (κ2) is 5.64. The van der Waals surface area contributed by atoms with Gasteiger partial charge in [0.15, 0.2) is 0 Å². The van der Waals surface area contributed by atoms with Crippen molar-refractivity contribution in [2.24, 2.45) is 11.1 Å². The van der Waals surface area contributed by atoms with Crippen LogP contribution in [0.15, 0.2) is 0 Å². The topological polar surface area (TPSA) is 55.6 Å². The first-order chi connectivity index (χ1) is 7.47. The summed E-state index contributed by atoms with van der Waals surface area (Å²) in [6.07, 6.45) is 3.52. The van der Waals surface area contributed by atoms with Gasteiger partial charge < -0.3 is 15.4 Å². The highest BCUT2D eigenvalue weighted by Crippen LogP contribution is 2.25. The fourth-order valence-electron chi connectivity index (χ4n) is 2.05. The monoisotopic (exact) mass is 228 g/mol. The van der Waals surface area contributed by atoms with E-state index in [9.17, 15) is 4.79 Å². The maximum atomic E-state index is 11.4. The van der Waals surface area contributed by atoms with Gasteiger partial charge in [0.1, 0.15) is 6.04 Å². The largest absolute Gasteiger partial charge is 0.468 e. The highest BCUT2D eigenvalue weighted by molar-refractivity contribution is 5.76. The predicted molar refractivity (Wildman–Crippen MR) is 64.1 cm³/mol. The van der Waals surface area contributed by atoms with Crippen molar-refractivity contribution in [3.63, 3.8) is 0 Å². The maximum Gasteiger partial charge on any atom is 0.323 e. The smallest absolute Gasteiger partial charge is 0.323 e. The summed E-state index contributed by atoms with van der Waals surface area (Å²) < 4.78 is 4.69. The van der Waals surface area contributed by atoms with Gasteiger partial charge in [0.2, 0.25) is 0 Å². The van der Waals surface area contributed by atoms with Crippen LogP contribution in [0.2, 0.25) is 0 Å². The summed E-state index contributed by atoms with van der Waals surface area (Å²) in [4.78, 5) is 13.8. The average Bonchev–Trinajstić information content (AvgIpc) is 2.77. The van der Waals surface area contributed by atoms with E-state index in [2.05, 4.69) is 4.90 Å². The molecule has 1 heterocycles. The molecule has 2 N–H and O–H groups in total. The van der Waals surface area contributed by atoms with Crippen LogP contribution in [-0.4, -0.2) is 43.7 Å². The number of rotatable bonds is 5. The minimum atomic E-state index is -0.528. The number of likely N-dealkylation sites (tertiary alicyclic amines) is 1. The third-order valence-electron chi connectivity index (χ3n) is 3.57. The van der Waals surface area contributed by atoms with Crippen molar-refractivity contribution in [2.75, 3.05) is 26.7 Å². The molecule has 0 amide bonds. The molecule has 16 heavy (non-hydrogen) atoms. The minimum absolute atomic E-state index is 0.199. The van der Waals surface area contributed by atoms with E-state index >= 15 is 0 Å². The van der Waals surface area contributed by atoms with Gasteiger partial charge >= 0.3 is 5.97 Å². The molecule has 0 aromatic rings. The van der Waals surface area contributed by atoms with Gasteiger partial charge in [-0.2, -0.15) is 0 Å². The van der Waals surface area contributed by atoms with Crippen molar-refractivity contribution in [3.8, 4) is 0 Å². The summed E-state index contributed by atoms with van der Waals surface area (Å²) in [5.74, 6) is -0.313. The summed E-state index contributed by atoms with van der Waals surface area (Å²) in [7, 11) is 1.39. The van der Waals surface area contributed by atoms with E-state index in [-0.39, 0.29) is 11.4 Å². The number of nitrogens with zero attached hydrogens (tertiary/aromatic N) is 1. The van der Waals surface area contributed by atoms with E-state index < -0.39 is 6.04 Å². The molecule has 1 aliphatic heterocycles. The van der Waals surface area contributed by atoms with Crippen molar-refractivity contribution in [1.82, 2.24) is 4.90 Å². The number of hydrogen-bond acceptors (Lipinski definition) is 4. The Bertz CT molecular complexity index is 235. The highest BCUT2D eigenvalue weighted by atomic mass is 16.5. The number of methoxy groups -OCH3 is 1. The summed E-state index contributed by atoms with van der Waals surface area (Å²) in [6, 6.07) is -0.528. The van der Waals surface area contributed by atoms with Gasteiger partial charge in [-0.25, -0.2) is 0 Å². The SMILES string of the molecule is COC(=O)C(N)C(C)(C)CCN1CCCC1. The number of carbonyl (C=O) groups is 1. The van der Waals surface area contributed by atoms with Gasteiger partial charge in [-0.3, -0.25) is 4.79 Å². The molecule has 0 radical (unpaired) electrons. The lowest BCUT2D eigenvalue weighted by molar-refractivity contribution is -0.145.